The predicted octanol–water partition coefficient (Wildman–Crippen LogP) is 0.289. The first-order valence-electron chi connectivity index (χ1n) is 5.21. The monoisotopic (exact) mass is 230 g/mol. The molecule has 1 heterocycles. The van der Waals surface area contributed by atoms with E-state index in [0.29, 0.717) is 11.7 Å². The van der Waals surface area contributed by atoms with Crippen molar-refractivity contribution in [3.63, 3.8) is 0 Å². The number of likely N-dealkylation sites (tertiary alicyclic amines) is 1. The van der Waals surface area contributed by atoms with Gasteiger partial charge in [0, 0.05) is 25.8 Å². The van der Waals surface area contributed by atoms with Gasteiger partial charge in [-0.3, -0.25) is 9.59 Å². The Morgan fingerprint density at radius 3 is 2.67 bits per heavy atom. The highest BCUT2D eigenvalue weighted by Crippen LogP contribution is 2.16. The van der Waals surface area contributed by atoms with Crippen LogP contribution in [0.15, 0.2) is 0 Å². The second kappa shape index (κ2) is 5.39. The number of thiol groups is 1. The third kappa shape index (κ3) is 3.41. The summed E-state index contributed by atoms with van der Waals surface area (Å²) in [6, 6.07) is -0.476. The molecule has 2 unspecified atom stereocenters. The summed E-state index contributed by atoms with van der Waals surface area (Å²) in [5.74, 6) is 0.717. The average Bonchev–Trinajstić information content (AvgIpc) is 2.60. The fraction of sp³-hybridized carbons (Fsp3) is 0.800. The quantitative estimate of drug-likeness (QED) is 0.685. The molecule has 5 heteroatoms. The van der Waals surface area contributed by atoms with Crippen LogP contribution in [0.4, 0.5) is 0 Å². The predicted molar refractivity (Wildman–Crippen MR) is 61.8 cm³/mol. The Morgan fingerprint density at radius 1 is 1.60 bits per heavy atom. The summed E-state index contributed by atoms with van der Waals surface area (Å²) in [4.78, 5) is 24.6. The van der Waals surface area contributed by atoms with Gasteiger partial charge < -0.3 is 10.2 Å². The highest BCUT2D eigenvalue weighted by Gasteiger charge is 2.28. The number of amides is 2. The summed E-state index contributed by atoms with van der Waals surface area (Å²) in [5.41, 5.74) is 0. The van der Waals surface area contributed by atoms with Gasteiger partial charge in [0.25, 0.3) is 0 Å². The summed E-state index contributed by atoms with van der Waals surface area (Å²) < 4.78 is 0. The highest BCUT2D eigenvalue weighted by atomic mass is 32.1. The number of carbonyl (C=O) groups is 2. The minimum absolute atomic E-state index is 0.00968. The molecule has 0 aliphatic carbocycles. The third-order valence-corrected chi connectivity index (χ3v) is 2.96. The van der Waals surface area contributed by atoms with E-state index in [2.05, 4.69) is 24.9 Å². The first-order chi connectivity index (χ1) is 7.04. The molecule has 0 bridgehead atoms. The van der Waals surface area contributed by atoms with Crippen LogP contribution in [-0.2, 0) is 9.59 Å². The fourth-order valence-corrected chi connectivity index (χ4v) is 2.03. The van der Waals surface area contributed by atoms with Gasteiger partial charge in [-0.15, -0.1) is 0 Å². The molecule has 15 heavy (non-hydrogen) atoms. The Bertz CT molecular complexity index is 258. The number of nitrogens with zero attached hydrogens (tertiary/aromatic N) is 1. The minimum atomic E-state index is -0.476. The van der Waals surface area contributed by atoms with Crippen molar-refractivity contribution in [3.8, 4) is 0 Å². The number of carbonyl (C=O) groups excluding carboxylic acids is 2. The van der Waals surface area contributed by atoms with Crippen LogP contribution in [-0.4, -0.2) is 41.6 Å². The second-order valence-corrected chi connectivity index (χ2v) is 4.48. The molecule has 0 aromatic heterocycles. The molecule has 0 radical (unpaired) electrons. The van der Waals surface area contributed by atoms with Gasteiger partial charge in [0.15, 0.2) is 0 Å². The molecule has 0 aromatic rings. The largest absolute Gasteiger partial charge is 0.344 e. The smallest absolute Gasteiger partial charge is 0.246 e. The van der Waals surface area contributed by atoms with Crippen molar-refractivity contribution in [1.29, 1.82) is 0 Å². The zero-order valence-corrected chi connectivity index (χ0v) is 10.1. The van der Waals surface area contributed by atoms with Crippen LogP contribution in [0.3, 0.4) is 0 Å². The van der Waals surface area contributed by atoms with Crippen molar-refractivity contribution in [3.05, 3.63) is 0 Å². The summed E-state index contributed by atoms with van der Waals surface area (Å²) in [6.45, 7) is 5.13. The lowest BCUT2D eigenvalue weighted by Gasteiger charge is -2.22. The van der Waals surface area contributed by atoms with Crippen LogP contribution >= 0.6 is 12.6 Å². The Morgan fingerprint density at radius 2 is 2.27 bits per heavy atom. The van der Waals surface area contributed by atoms with E-state index in [9.17, 15) is 9.59 Å². The molecule has 4 nitrogen and oxygen atoms in total. The van der Waals surface area contributed by atoms with Crippen LogP contribution in [0, 0.1) is 5.92 Å². The Kier molecular flexibility index (Phi) is 4.45. The first-order valence-corrected chi connectivity index (χ1v) is 5.84. The number of nitrogens with one attached hydrogen (secondary N) is 1. The van der Waals surface area contributed by atoms with Crippen LogP contribution in [0.2, 0.25) is 0 Å². The average molecular weight is 230 g/mol. The first kappa shape index (κ1) is 12.4. The van der Waals surface area contributed by atoms with Gasteiger partial charge in [0.1, 0.15) is 6.04 Å². The summed E-state index contributed by atoms with van der Waals surface area (Å²) >= 11 is 4.08. The van der Waals surface area contributed by atoms with Crippen LogP contribution in [0.5, 0.6) is 0 Å². The normalized spacial score (nSPS) is 22.6. The van der Waals surface area contributed by atoms with Crippen molar-refractivity contribution in [1.82, 2.24) is 10.2 Å². The molecule has 1 fully saturated rings. The lowest BCUT2D eigenvalue weighted by Crippen LogP contribution is -2.48. The molecule has 0 spiro atoms. The Hall–Kier alpha value is -0.710. The molecular weight excluding hydrogens is 212 g/mol. The van der Waals surface area contributed by atoms with Crippen molar-refractivity contribution >= 4 is 24.4 Å². The van der Waals surface area contributed by atoms with Gasteiger partial charge >= 0.3 is 0 Å². The maximum atomic E-state index is 11.9. The SMILES string of the molecule is CC(=O)NC(CS)C(=O)N1CCC(C)C1. The van der Waals surface area contributed by atoms with E-state index >= 15 is 0 Å². The van der Waals surface area contributed by atoms with Gasteiger partial charge in [0.2, 0.25) is 11.8 Å². The number of hydrogen-bond acceptors (Lipinski definition) is 3. The van der Waals surface area contributed by atoms with Gasteiger partial charge in [0.05, 0.1) is 0 Å². The minimum Gasteiger partial charge on any atom is -0.344 e. The molecule has 1 rings (SSSR count). The molecule has 1 aliphatic heterocycles. The molecule has 2 atom stereocenters. The van der Waals surface area contributed by atoms with E-state index in [1.165, 1.54) is 6.92 Å². The van der Waals surface area contributed by atoms with Crippen LogP contribution in [0.1, 0.15) is 20.3 Å². The van der Waals surface area contributed by atoms with Gasteiger partial charge in [-0.05, 0) is 12.3 Å². The summed E-state index contributed by atoms with van der Waals surface area (Å²) in [7, 11) is 0. The maximum absolute atomic E-state index is 11.9. The van der Waals surface area contributed by atoms with Crippen LogP contribution < -0.4 is 5.32 Å². The topological polar surface area (TPSA) is 49.4 Å². The van der Waals surface area contributed by atoms with E-state index in [4.69, 9.17) is 0 Å². The molecule has 1 saturated heterocycles. The molecular formula is C10H18N2O2S. The third-order valence-electron chi connectivity index (χ3n) is 2.59. The zero-order valence-electron chi connectivity index (χ0n) is 9.19. The standard InChI is InChI=1S/C10H18N2O2S/c1-7-3-4-12(5-7)10(14)9(6-15)11-8(2)13/h7,9,15H,3-6H2,1-2H3,(H,11,13). The summed E-state index contributed by atoms with van der Waals surface area (Å²) in [6.07, 6.45) is 1.05. The van der Waals surface area contributed by atoms with Gasteiger partial charge in [-0.2, -0.15) is 12.6 Å². The van der Waals surface area contributed by atoms with Crippen molar-refractivity contribution in [2.75, 3.05) is 18.8 Å². The molecule has 1 aliphatic rings. The van der Waals surface area contributed by atoms with E-state index < -0.39 is 6.04 Å². The summed E-state index contributed by atoms with van der Waals surface area (Å²) in [5, 5.41) is 2.61. The van der Waals surface area contributed by atoms with Gasteiger partial charge in [-0.1, -0.05) is 6.92 Å². The maximum Gasteiger partial charge on any atom is 0.246 e. The molecule has 0 saturated carbocycles. The molecule has 2 amide bonds. The zero-order chi connectivity index (χ0) is 11.4. The molecule has 1 N–H and O–H groups in total. The van der Waals surface area contributed by atoms with Crippen molar-refractivity contribution in [2.24, 2.45) is 5.92 Å². The lowest BCUT2D eigenvalue weighted by molar-refractivity contribution is -0.134. The fourth-order valence-electron chi connectivity index (χ4n) is 1.79. The van der Waals surface area contributed by atoms with E-state index in [1.807, 2.05) is 4.90 Å². The van der Waals surface area contributed by atoms with E-state index in [1.54, 1.807) is 0 Å². The van der Waals surface area contributed by atoms with Crippen molar-refractivity contribution in [2.45, 2.75) is 26.3 Å². The van der Waals surface area contributed by atoms with Crippen LogP contribution in [0.25, 0.3) is 0 Å². The second-order valence-electron chi connectivity index (χ2n) is 4.11. The highest BCUT2D eigenvalue weighted by molar-refractivity contribution is 7.80. The Balaban J connectivity index is 2.53. The van der Waals surface area contributed by atoms with Gasteiger partial charge in [-0.25, -0.2) is 0 Å². The number of rotatable bonds is 3. The molecule has 0 aromatic carbocycles. The molecule has 86 valence electrons. The van der Waals surface area contributed by atoms with E-state index in [-0.39, 0.29) is 11.8 Å². The van der Waals surface area contributed by atoms with Crippen molar-refractivity contribution < 1.29 is 9.59 Å². The lowest BCUT2D eigenvalue weighted by atomic mass is 10.2. The number of hydrogen-bond donors (Lipinski definition) is 2. The Labute approximate surface area is 95.8 Å². The van der Waals surface area contributed by atoms with E-state index in [0.717, 1.165) is 19.5 Å².